The summed E-state index contributed by atoms with van der Waals surface area (Å²) in [6.07, 6.45) is -1.80. The highest BCUT2D eigenvalue weighted by atomic mass is 32.2. The fourth-order valence-corrected chi connectivity index (χ4v) is 5.03. The van der Waals surface area contributed by atoms with Gasteiger partial charge in [-0.1, -0.05) is 6.42 Å². The minimum absolute atomic E-state index is 0.00413. The molecule has 21 heavy (non-hydrogen) atoms. The molecule has 2 saturated heterocycles. The van der Waals surface area contributed by atoms with E-state index in [1.54, 1.807) is 0 Å². The van der Waals surface area contributed by atoms with Crippen LogP contribution in [0, 0.1) is 5.92 Å². The molecular weight excluding hydrogens is 307 g/mol. The van der Waals surface area contributed by atoms with E-state index in [0.717, 1.165) is 17.1 Å². The van der Waals surface area contributed by atoms with E-state index in [0.29, 0.717) is 13.0 Å². The molecule has 0 spiro atoms. The first-order valence-electron chi connectivity index (χ1n) is 7.30. The summed E-state index contributed by atoms with van der Waals surface area (Å²) in [4.78, 5) is 0. The lowest BCUT2D eigenvalue weighted by Crippen LogP contribution is -2.55. The van der Waals surface area contributed by atoms with Crippen LogP contribution in [0.25, 0.3) is 0 Å². The molecule has 2 unspecified atom stereocenters. The zero-order valence-corrected chi connectivity index (χ0v) is 12.7. The number of alkyl halides is 3. The predicted molar refractivity (Wildman–Crippen MR) is 72.7 cm³/mol. The number of nitrogens with two attached hydrogens (primary N) is 1. The Morgan fingerprint density at radius 3 is 2.43 bits per heavy atom. The van der Waals surface area contributed by atoms with Crippen LogP contribution in [0.15, 0.2) is 0 Å². The van der Waals surface area contributed by atoms with Gasteiger partial charge in [-0.05, 0) is 25.7 Å². The number of rotatable bonds is 3. The van der Waals surface area contributed by atoms with Crippen LogP contribution in [0.2, 0.25) is 0 Å². The smallest absolute Gasteiger partial charge is 0.329 e. The van der Waals surface area contributed by atoms with Gasteiger partial charge in [0, 0.05) is 32.2 Å². The summed E-state index contributed by atoms with van der Waals surface area (Å²) >= 11 is 0. The van der Waals surface area contributed by atoms with Crippen molar-refractivity contribution < 1.29 is 21.6 Å². The minimum Gasteiger partial charge on any atom is -0.329 e. The highest BCUT2D eigenvalue weighted by molar-refractivity contribution is 7.86. The Balaban J connectivity index is 2.14. The fourth-order valence-electron chi connectivity index (χ4n) is 3.08. The summed E-state index contributed by atoms with van der Waals surface area (Å²) in [5.41, 5.74) is 5.61. The van der Waals surface area contributed by atoms with E-state index < -0.39 is 28.8 Å². The van der Waals surface area contributed by atoms with E-state index in [1.165, 1.54) is 4.31 Å². The molecule has 2 fully saturated rings. The van der Waals surface area contributed by atoms with Crippen LogP contribution < -0.4 is 5.73 Å². The summed E-state index contributed by atoms with van der Waals surface area (Å²) in [5.74, 6) is -1.57. The zero-order valence-electron chi connectivity index (χ0n) is 11.8. The van der Waals surface area contributed by atoms with Crippen molar-refractivity contribution in [2.45, 2.75) is 44.3 Å². The van der Waals surface area contributed by atoms with Crippen LogP contribution in [-0.4, -0.2) is 55.4 Å². The molecule has 0 aromatic rings. The van der Waals surface area contributed by atoms with Crippen molar-refractivity contribution in [1.82, 2.24) is 8.61 Å². The Morgan fingerprint density at radius 1 is 1.10 bits per heavy atom. The van der Waals surface area contributed by atoms with Gasteiger partial charge in [0.05, 0.1) is 5.92 Å². The maximum atomic E-state index is 12.8. The second-order valence-corrected chi connectivity index (χ2v) is 7.62. The standard InChI is InChI=1S/C12H22F3N3O2S/c13-12(14,15)10-4-3-6-17(9-10)21(19,20)18-7-2-1-5-11(18)8-16/h10-11H,1-9,16H2. The van der Waals surface area contributed by atoms with E-state index >= 15 is 0 Å². The highest BCUT2D eigenvalue weighted by Gasteiger charge is 2.46. The minimum atomic E-state index is -4.34. The van der Waals surface area contributed by atoms with Crippen molar-refractivity contribution in [1.29, 1.82) is 0 Å². The Hall–Kier alpha value is -0.380. The van der Waals surface area contributed by atoms with Crippen molar-refractivity contribution in [3.8, 4) is 0 Å². The predicted octanol–water partition coefficient (Wildman–Crippen LogP) is 1.32. The van der Waals surface area contributed by atoms with Gasteiger partial charge in [0.2, 0.25) is 0 Å². The maximum Gasteiger partial charge on any atom is 0.393 e. The Bertz CT molecular complexity index is 455. The van der Waals surface area contributed by atoms with Crippen molar-refractivity contribution >= 4 is 10.2 Å². The third kappa shape index (κ3) is 3.69. The van der Waals surface area contributed by atoms with E-state index in [9.17, 15) is 21.6 Å². The number of halogens is 3. The van der Waals surface area contributed by atoms with Crippen LogP contribution in [0.1, 0.15) is 32.1 Å². The van der Waals surface area contributed by atoms with Gasteiger partial charge >= 0.3 is 6.18 Å². The quantitative estimate of drug-likeness (QED) is 0.849. The first-order chi connectivity index (χ1) is 9.76. The average molecular weight is 329 g/mol. The van der Waals surface area contributed by atoms with E-state index in [2.05, 4.69) is 0 Å². The molecule has 2 atom stereocenters. The zero-order chi connectivity index (χ0) is 15.7. The first-order valence-corrected chi connectivity index (χ1v) is 8.70. The largest absolute Gasteiger partial charge is 0.393 e. The maximum absolute atomic E-state index is 12.8. The molecule has 2 heterocycles. The van der Waals surface area contributed by atoms with Crippen LogP contribution >= 0.6 is 0 Å². The van der Waals surface area contributed by atoms with E-state index in [1.807, 2.05) is 0 Å². The van der Waals surface area contributed by atoms with Gasteiger partial charge in [-0.2, -0.15) is 30.2 Å². The molecule has 0 aromatic heterocycles. The molecule has 2 rings (SSSR count). The van der Waals surface area contributed by atoms with E-state index in [4.69, 9.17) is 5.73 Å². The summed E-state index contributed by atoms with van der Waals surface area (Å²) < 4.78 is 66.0. The summed E-state index contributed by atoms with van der Waals surface area (Å²) in [6.45, 7) is 0.232. The monoisotopic (exact) mass is 329 g/mol. The molecule has 0 radical (unpaired) electrons. The lowest BCUT2D eigenvalue weighted by atomic mass is 9.99. The normalized spacial score (nSPS) is 30.5. The second-order valence-electron chi connectivity index (χ2n) is 5.74. The molecule has 2 aliphatic heterocycles. The number of nitrogens with zero attached hydrogens (tertiary/aromatic N) is 2. The third-order valence-corrected chi connectivity index (χ3v) is 6.37. The van der Waals surface area contributed by atoms with Gasteiger partial charge in [0.25, 0.3) is 10.2 Å². The molecule has 124 valence electrons. The Labute approximate surface area is 123 Å². The average Bonchev–Trinajstić information content (AvgIpc) is 2.46. The summed E-state index contributed by atoms with van der Waals surface area (Å²) in [7, 11) is -3.85. The van der Waals surface area contributed by atoms with Gasteiger partial charge in [0.1, 0.15) is 0 Å². The lowest BCUT2D eigenvalue weighted by Gasteiger charge is -2.40. The number of piperidine rings is 2. The van der Waals surface area contributed by atoms with E-state index in [-0.39, 0.29) is 32.0 Å². The van der Waals surface area contributed by atoms with Crippen molar-refractivity contribution in [2.75, 3.05) is 26.2 Å². The molecule has 5 nitrogen and oxygen atoms in total. The van der Waals surface area contributed by atoms with Gasteiger partial charge in [-0.15, -0.1) is 0 Å². The SMILES string of the molecule is NCC1CCCCN1S(=O)(=O)N1CCCC(C(F)(F)F)C1. The number of hydrogen-bond acceptors (Lipinski definition) is 3. The van der Waals surface area contributed by atoms with Gasteiger partial charge in [-0.3, -0.25) is 0 Å². The van der Waals surface area contributed by atoms with Crippen LogP contribution in [0.4, 0.5) is 13.2 Å². The molecular formula is C12H22F3N3O2S. The van der Waals surface area contributed by atoms with Crippen LogP contribution in [0.5, 0.6) is 0 Å². The van der Waals surface area contributed by atoms with Crippen molar-refractivity contribution in [3.63, 3.8) is 0 Å². The van der Waals surface area contributed by atoms with Crippen molar-refractivity contribution in [3.05, 3.63) is 0 Å². The molecule has 0 aromatic carbocycles. The lowest BCUT2D eigenvalue weighted by molar-refractivity contribution is -0.182. The summed E-state index contributed by atoms with van der Waals surface area (Å²) in [6, 6.07) is -0.296. The Kier molecular flexibility index (Phi) is 5.17. The van der Waals surface area contributed by atoms with Crippen LogP contribution in [-0.2, 0) is 10.2 Å². The van der Waals surface area contributed by atoms with Crippen LogP contribution in [0.3, 0.4) is 0 Å². The van der Waals surface area contributed by atoms with Gasteiger partial charge < -0.3 is 5.73 Å². The molecule has 0 aliphatic carbocycles. The van der Waals surface area contributed by atoms with Gasteiger partial charge in [-0.25, -0.2) is 0 Å². The third-order valence-electron chi connectivity index (χ3n) is 4.31. The highest BCUT2D eigenvalue weighted by Crippen LogP contribution is 2.35. The molecule has 0 amide bonds. The number of hydrogen-bond donors (Lipinski definition) is 1. The first kappa shape index (κ1) is 17.0. The molecule has 2 N–H and O–H groups in total. The van der Waals surface area contributed by atoms with Crippen molar-refractivity contribution in [2.24, 2.45) is 11.7 Å². The topological polar surface area (TPSA) is 66.6 Å². The Morgan fingerprint density at radius 2 is 1.81 bits per heavy atom. The molecule has 2 aliphatic rings. The molecule has 9 heteroatoms. The summed E-state index contributed by atoms with van der Waals surface area (Å²) in [5, 5.41) is 0. The molecule has 0 saturated carbocycles. The van der Waals surface area contributed by atoms with Gasteiger partial charge in [0.15, 0.2) is 0 Å². The fraction of sp³-hybridized carbons (Fsp3) is 1.00. The molecule has 0 bridgehead atoms. The second kappa shape index (κ2) is 6.39.